The highest BCUT2D eigenvalue weighted by molar-refractivity contribution is 6.32. The Morgan fingerprint density at radius 1 is 1.12 bits per heavy atom. The summed E-state index contributed by atoms with van der Waals surface area (Å²) in [6, 6.07) is 6.55. The number of carbonyl (C=O) groups excluding carboxylic acids is 2. The van der Waals surface area contributed by atoms with Crippen molar-refractivity contribution in [2.45, 2.75) is 24.8 Å². The molecule has 3 heterocycles. The van der Waals surface area contributed by atoms with Crippen molar-refractivity contribution in [3.05, 3.63) is 28.8 Å². The highest BCUT2D eigenvalue weighted by Gasteiger charge is 2.33. The molecule has 1 unspecified atom stereocenters. The molecule has 0 aromatic heterocycles. The van der Waals surface area contributed by atoms with Crippen LogP contribution in [0.15, 0.2) is 18.2 Å². The zero-order valence-electron chi connectivity index (χ0n) is 14.1. The second-order valence-electron chi connectivity index (χ2n) is 7.05. The number of rotatable bonds is 3. The van der Waals surface area contributed by atoms with Crippen molar-refractivity contribution < 1.29 is 9.59 Å². The molecule has 4 rings (SSSR count). The maximum atomic E-state index is 12.0. The molecule has 0 spiro atoms. The SMILES string of the molecule is O=C1CCC(c2ccc(N3CC(N4CCNCC4)C3)cc2Cl)C(=O)N1. The summed E-state index contributed by atoms with van der Waals surface area (Å²) in [5.74, 6) is -0.772. The van der Waals surface area contributed by atoms with Gasteiger partial charge < -0.3 is 10.2 Å². The number of piperazine rings is 1. The van der Waals surface area contributed by atoms with Crippen LogP contribution in [0.4, 0.5) is 5.69 Å². The van der Waals surface area contributed by atoms with Gasteiger partial charge in [-0.3, -0.25) is 19.8 Å². The molecule has 0 saturated carbocycles. The van der Waals surface area contributed by atoms with Gasteiger partial charge in [-0.05, 0) is 24.1 Å². The van der Waals surface area contributed by atoms with Gasteiger partial charge in [0.05, 0.1) is 5.92 Å². The van der Waals surface area contributed by atoms with Crippen LogP contribution in [0.2, 0.25) is 5.02 Å². The fraction of sp³-hybridized carbons (Fsp3) is 0.556. The lowest BCUT2D eigenvalue weighted by molar-refractivity contribution is -0.134. The van der Waals surface area contributed by atoms with Crippen LogP contribution in [-0.4, -0.2) is 62.0 Å². The number of hydrogen-bond donors (Lipinski definition) is 2. The van der Waals surface area contributed by atoms with Gasteiger partial charge in [-0.2, -0.15) is 0 Å². The summed E-state index contributed by atoms with van der Waals surface area (Å²) in [7, 11) is 0. The van der Waals surface area contributed by atoms with Gasteiger partial charge in [0.25, 0.3) is 0 Å². The number of nitrogens with zero attached hydrogens (tertiary/aromatic N) is 2. The Kier molecular flexibility index (Phi) is 4.67. The summed E-state index contributed by atoms with van der Waals surface area (Å²) in [5.41, 5.74) is 1.92. The van der Waals surface area contributed by atoms with E-state index in [-0.39, 0.29) is 17.7 Å². The van der Waals surface area contributed by atoms with Gasteiger partial charge in [-0.25, -0.2) is 0 Å². The van der Waals surface area contributed by atoms with Gasteiger partial charge >= 0.3 is 0 Å². The van der Waals surface area contributed by atoms with Crippen LogP contribution < -0.4 is 15.5 Å². The molecule has 6 nitrogen and oxygen atoms in total. The van der Waals surface area contributed by atoms with Crippen molar-refractivity contribution >= 4 is 29.1 Å². The highest BCUT2D eigenvalue weighted by Crippen LogP contribution is 2.34. The molecule has 3 aliphatic rings. The van der Waals surface area contributed by atoms with Crippen molar-refractivity contribution in [1.29, 1.82) is 0 Å². The van der Waals surface area contributed by atoms with Crippen molar-refractivity contribution in [3.63, 3.8) is 0 Å². The number of carbonyl (C=O) groups is 2. The summed E-state index contributed by atoms with van der Waals surface area (Å²) >= 11 is 6.46. The molecule has 2 amide bonds. The van der Waals surface area contributed by atoms with Gasteiger partial charge in [0.2, 0.25) is 11.8 Å². The summed E-state index contributed by atoms with van der Waals surface area (Å²) in [6.45, 7) is 6.43. The summed E-state index contributed by atoms with van der Waals surface area (Å²) in [6.07, 6.45) is 0.894. The molecule has 1 atom stereocenters. The molecular formula is C18H23ClN4O2. The van der Waals surface area contributed by atoms with Crippen molar-refractivity contribution in [3.8, 4) is 0 Å². The monoisotopic (exact) mass is 362 g/mol. The van der Waals surface area contributed by atoms with Crippen molar-refractivity contribution in [2.75, 3.05) is 44.2 Å². The molecule has 1 aromatic rings. The van der Waals surface area contributed by atoms with Crippen molar-refractivity contribution in [2.24, 2.45) is 0 Å². The van der Waals surface area contributed by atoms with E-state index in [0.717, 1.165) is 50.5 Å². The predicted molar refractivity (Wildman–Crippen MR) is 97.0 cm³/mol. The summed E-state index contributed by atoms with van der Waals surface area (Å²) in [5, 5.41) is 6.39. The van der Waals surface area contributed by atoms with E-state index in [9.17, 15) is 9.59 Å². The predicted octanol–water partition coefficient (Wildman–Crippen LogP) is 0.954. The molecule has 0 bridgehead atoms. The van der Waals surface area contributed by atoms with Crippen LogP contribution in [0.5, 0.6) is 0 Å². The number of benzene rings is 1. The third kappa shape index (κ3) is 3.38. The van der Waals surface area contributed by atoms with E-state index in [1.54, 1.807) is 0 Å². The van der Waals surface area contributed by atoms with E-state index in [0.29, 0.717) is 23.9 Å². The van der Waals surface area contributed by atoms with Gasteiger partial charge in [-0.1, -0.05) is 17.7 Å². The molecule has 134 valence electrons. The Labute approximate surface area is 152 Å². The molecule has 3 fully saturated rings. The standard InChI is InChI=1S/C18H23ClN4O2/c19-16-9-12(23-10-13(11-23)22-7-5-20-6-8-22)1-2-14(16)15-3-4-17(24)21-18(15)25/h1-2,9,13,15,20H,3-8,10-11H2,(H,21,24,25). The molecular weight excluding hydrogens is 340 g/mol. The van der Waals surface area contributed by atoms with Crippen LogP contribution >= 0.6 is 11.6 Å². The van der Waals surface area contributed by atoms with E-state index in [4.69, 9.17) is 11.6 Å². The fourth-order valence-electron chi connectivity index (χ4n) is 3.93. The molecule has 0 aliphatic carbocycles. The van der Waals surface area contributed by atoms with Crippen molar-refractivity contribution in [1.82, 2.24) is 15.5 Å². The fourth-order valence-corrected chi connectivity index (χ4v) is 4.24. The molecule has 1 aromatic carbocycles. The number of amides is 2. The van der Waals surface area contributed by atoms with Crippen LogP contribution in [0.1, 0.15) is 24.3 Å². The van der Waals surface area contributed by atoms with Gasteiger partial charge in [0.1, 0.15) is 0 Å². The Hall–Kier alpha value is -1.63. The molecule has 7 heteroatoms. The minimum absolute atomic E-state index is 0.200. The quantitative estimate of drug-likeness (QED) is 0.784. The maximum absolute atomic E-state index is 12.0. The summed E-state index contributed by atoms with van der Waals surface area (Å²) < 4.78 is 0. The molecule has 25 heavy (non-hydrogen) atoms. The Balaban J connectivity index is 1.41. The third-order valence-corrected chi connectivity index (χ3v) is 5.82. The molecule has 3 aliphatic heterocycles. The summed E-state index contributed by atoms with van der Waals surface area (Å²) in [4.78, 5) is 28.2. The van der Waals surface area contributed by atoms with Gasteiger partial charge in [-0.15, -0.1) is 0 Å². The topological polar surface area (TPSA) is 64.7 Å². The Morgan fingerprint density at radius 2 is 1.88 bits per heavy atom. The number of anilines is 1. The van der Waals surface area contributed by atoms with E-state index in [2.05, 4.69) is 20.4 Å². The normalized spacial score (nSPS) is 25.6. The Bertz CT molecular complexity index is 684. The first-order chi connectivity index (χ1) is 12.1. The number of halogens is 1. The second-order valence-corrected chi connectivity index (χ2v) is 7.46. The number of hydrogen-bond acceptors (Lipinski definition) is 5. The van der Waals surface area contributed by atoms with Crippen LogP contribution in [0.25, 0.3) is 0 Å². The smallest absolute Gasteiger partial charge is 0.234 e. The molecule has 0 radical (unpaired) electrons. The minimum Gasteiger partial charge on any atom is -0.368 e. The van der Waals surface area contributed by atoms with Crippen LogP contribution in [0.3, 0.4) is 0 Å². The van der Waals surface area contributed by atoms with E-state index in [1.165, 1.54) is 0 Å². The molecule has 2 N–H and O–H groups in total. The first kappa shape index (κ1) is 16.8. The third-order valence-electron chi connectivity index (χ3n) is 5.49. The molecule has 3 saturated heterocycles. The largest absolute Gasteiger partial charge is 0.368 e. The van der Waals surface area contributed by atoms with E-state index >= 15 is 0 Å². The minimum atomic E-state index is -0.329. The zero-order chi connectivity index (χ0) is 17.4. The van der Waals surface area contributed by atoms with Gasteiger partial charge in [0.15, 0.2) is 0 Å². The number of imide groups is 1. The number of piperidine rings is 1. The van der Waals surface area contributed by atoms with Crippen LogP contribution in [0, 0.1) is 0 Å². The average Bonchev–Trinajstić information content (AvgIpc) is 2.56. The van der Waals surface area contributed by atoms with E-state index < -0.39 is 0 Å². The van der Waals surface area contributed by atoms with Gasteiger partial charge in [0, 0.05) is 62.4 Å². The lowest BCUT2D eigenvalue weighted by Crippen LogP contribution is -2.62. The first-order valence-electron chi connectivity index (χ1n) is 8.94. The van der Waals surface area contributed by atoms with Crippen LogP contribution in [-0.2, 0) is 9.59 Å². The first-order valence-corrected chi connectivity index (χ1v) is 9.32. The lowest BCUT2D eigenvalue weighted by atomic mass is 9.90. The lowest BCUT2D eigenvalue weighted by Gasteiger charge is -2.48. The second kappa shape index (κ2) is 6.94. The average molecular weight is 363 g/mol. The maximum Gasteiger partial charge on any atom is 0.234 e. The number of nitrogens with one attached hydrogen (secondary N) is 2. The highest BCUT2D eigenvalue weighted by atomic mass is 35.5. The van der Waals surface area contributed by atoms with E-state index in [1.807, 2.05) is 18.2 Å². The zero-order valence-corrected chi connectivity index (χ0v) is 14.9. The Morgan fingerprint density at radius 3 is 2.56 bits per heavy atom.